The molecule has 4 nitrogen and oxygen atoms in total. The van der Waals surface area contributed by atoms with E-state index in [0.717, 1.165) is 4.90 Å². The van der Waals surface area contributed by atoms with E-state index >= 15 is 0 Å². The summed E-state index contributed by atoms with van der Waals surface area (Å²) in [5.74, 6) is 0.119. The molecule has 2 rings (SSSR count). The number of hydrogen-bond donors (Lipinski definition) is 0. The largest absolute Gasteiger partial charge is 0.482 e. The van der Waals surface area contributed by atoms with Gasteiger partial charge < -0.3 is 14.4 Å². The fraction of sp³-hybridized carbons (Fsp3) is 0.588. The minimum absolute atomic E-state index is 0.0282. The molecule has 0 saturated carbocycles. The lowest BCUT2D eigenvalue weighted by Gasteiger charge is -2.37. The Hall–Kier alpha value is -1.92. The highest BCUT2D eigenvalue weighted by Gasteiger charge is 2.41. The molecule has 2 atom stereocenters. The zero-order chi connectivity index (χ0) is 18.1. The average molecular weight is 345 g/mol. The standard InChI is InChI=1S/C17H22F3NO3/c1-11-14(24-13-8-6-5-7-12(13)23-11)15(22)21(9-16(2,3)4)10-17(18,19)20/h5-8,11,14H,9-10H2,1-4H3. The molecule has 1 aliphatic heterocycles. The van der Waals surface area contributed by atoms with Gasteiger partial charge in [0.1, 0.15) is 12.6 Å². The normalized spacial score (nSPS) is 20.6. The zero-order valence-electron chi connectivity index (χ0n) is 14.2. The zero-order valence-corrected chi connectivity index (χ0v) is 14.2. The van der Waals surface area contributed by atoms with E-state index in [0.29, 0.717) is 11.5 Å². The highest BCUT2D eigenvalue weighted by molar-refractivity contribution is 5.82. The Bertz CT molecular complexity index is 579. The lowest BCUT2D eigenvalue weighted by atomic mass is 9.95. The third-order valence-corrected chi connectivity index (χ3v) is 3.43. The first-order chi connectivity index (χ1) is 11.0. The van der Waals surface area contributed by atoms with Crippen LogP contribution in [-0.2, 0) is 4.79 Å². The number of fused-ring (bicyclic) bond motifs is 1. The molecule has 134 valence electrons. The van der Waals surface area contributed by atoms with E-state index in [1.54, 1.807) is 52.0 Å². The Kier molecular flexibility index (Phi) is 5.01. The lowest BCUT2D eigenvalue weighted by Crippen LogP contribution is -2.54. The van der Waals surface area contributed by atoms with Crippen LogP contribution in [0.1, 0.15) is 27.7 Å². The van der Waals surface area contributed by atoms with E-state index in [1.165, 1.54) is 0 Å². The van der Waals surface area contributed by atoms with Crippen LogP contribution in [0.5, 0.6) is 11.5 Å². The maximum Gasteiger partial charge on any atom is 0.406 e. The van der Waals surface area contributed by atoms with Crippen molar-refractivity contribution < 1.29 is 27.4 Å². The van der Waals surface area contributed by atoms with Crippen LogP contribution < -0.4 is 9.47 Å². The van der Waals surface area contributed by atoms with Gasteiger partial charge in [0.25, 0.3) is 5.91 Å². The van der Waals surface area contributed by atoms with Gasteiger partial charge in [-0.3, -0.25) is 4.79 Å². The summed E-state index contributed by atoms with van der Waals surface area (Å²) < 4.78 is 49.9. The van der Waals surface area contributed by atoms with E-state index in [9.17, 15) is 18.0 Å². The van der Waals surface area contributed by atoms with Gasteiger partial charge in [-0.05, 0) is 24.5 Å². The molecule has 0 fully saturated rings. The van der Waals surface area contributed by atoms with Crippen molar-refractivity contribution in [1.82, 2.24) is 4.90 Å². The molecule has 1 amide bonds. The maximum absolute atomic E-state index is 12.9. The van der Waals surface area contributed by atoms with Crippen molar-refractivity contribution in [2.45, 2.75) is 46.1 Å². The topological polar surface area (TPSA) is 38.8 Å². The molecule has 0 spiro atoms. The Morgan fingerprint density at radius 2 is 1.62 bits per heavy atom. The predicted octanol–water partition coefficient (Wildman–Crippen LogP) is 3.65. The second-order valence-corrected chi connectivity index (χ2v) is 7.18. The van der Waals surface area contributed by atoms with Crippen molar-refractivity contribution in [2.24, 2.45) is 5.41 Å². The van der Waals surface area contributed by atoms with Crippen LogP contribution in [0.2, 0.25) is 0 Å². The van der Waals surface area contributed by atoms with Gasteiger partial charge in [-0.25, -0.2) is 0 Å². The summed E-state index contributed by atoms with van der Waals surface area (Å²) in [7, 11) is 0. The van der Waals surface area contributed by atoms with E-state index in [2.05, 4.69) is 0 Å². The Labute approximate surface area is 139 Å². The van der Waals surface area contributed by atoms with Gasteiger partial charge in [-0.1, -0.05) is 32.9 Å². The van der Waals surface area contributed by atoms with E-state index in [1.807, 2.05) is 0 Å². The van der Waals surface area contributed by atoms with Crippen LogP contribution >= 0.6 is 0 Å². The fourth-order valence-electron chi connectivity index (χ4n) is 2.57. The van der Waals surface area contributed by atoms with Crippen molar-refractivity contribution in [3.05, 3.63) is 24.3 Å². The second kappa shape index (κ2) is 6.53. The van der Waals surface area contributed by atoms with Gasteiger partial charge >= 0.3 is 6.18 Å². The SMILES string of the molecule is CC1Oc2ccccc2OC1C(=O)N(CC(C)(C)C)CC(F)(F)F. The average Bonchev–Trinajstić information content (AvgIpc) is 2.42. The van der Waals surface area contributed by atoms with E-state index < -0.39 is 36.3 Å². The molecule has 0 N–H and O–H groups in total. The Balaban J connectivity index is 2.22. The number of para-hydroxylation sites is 2. The molecule has 0 aromatic heterocycles. The van der Waals surface area contributed by atoms with Crippen molar-refractivity contribution in [3.63, 3.8) is 0 Å². The van der Waals surface area contributed by atoms with Crippen LogP contribution in [0.25, 0.3) is 0 Å². The number of benzene rings is 1. The summed E-state index contributed by atoms with van der Waals surface area (Å²) in [6, 6.07) is 6.78. The smallest absolute Gasteiger partial charge is 0.406 e. The minimum atomic E-state index is -4.47. The van der Waals surface area contributed by atoms with Gasteiger partial charge in [0.2, 0.25) is 6.10 Å². The molecule has 1 heterocycles. The van der Waals surface area contributed by atoms with Gasteiger partial charge in [-0.15, -0.1) is 0 Å². The van der Waals surface area contributed by atoms with Crippen molar-refractivity contribution in [1.29, 1.82) is 0 Å². The molecule has 1 aromatic rings. The van der Waals surface area contributed by atoms with Crippen molar-refractivity contribution >= 4 is 5.91 Å². The summed E-state index contributed by atoms with van der Waals surface area (Å²) in [4.78, 5) is 13.5. The van der Waals surface area contributed by atoms with Crippen LogP contribution in [0.4, 0.5) is 13.2 Å². The van der Waals surface area contributed by atoms with Crippen molar-refractivity contribution in [3.8, 4) is 11.5 Å². The second-order valence-electron chi connectivity index (χ2n) is 7.18. The molecule has 1 aromatic carbocycles. The van der Waals surface area contributed by atoms with Crippen LogP contribution in [-0.4, -0.2) is 42.3 Å². The number of carbonyl (C=O) groups excluding carboxylic acids is 1. The first-order valence-electron chi connectivity index (χ1n) is 7.74. The molecule has 24 heavy (non-hydrogen) atoms. The van der Waals surface area contributed by atoms with E-state index in [-0.39, 0.29) is 6.54 Å². The molecule has 0 radical (unpaired) electrons. The summed E-state index contributed by atoms with van der Waals surface area (Å²) in [5, 5.41) is 0. The number of rotatable bonds is 3. The molecular weight excluding hydrogens is 323 g/mol. The summed E-state index contributed by atoms with van der Waals surface area (Å²) >= 11 is 0. The van der Waals surface area contributed by atoms with Gasteiger partial charge in [-0.2, -0.15) is 13.2 Å². The number of halogens is 3. The molecule has 0 bridgehead atoms. The van der Waals surface area contributed by atoms with Gasteiger partial charge in [0.15, 0.2) is 11.5 Å². The number of ether oxygens (including phenoxy) is 2. The third kappa shape index (κ3) is 4.79. The van der Waals surface area contributed by atoms with Crippen molar-refractivity contribution in [2.75, 3.05) is 13.1 Å². The first kappa shape index (κ1) is 18.4. The molecule has 1 aliphatic rings. The van der Waals surface area contributed by atoms with E-state index in [4.69, 9.17) is 9.47 Å². The fourth-order valence-corrected chi connectivity index (χ4v) is 2.57. The summed E-state index contributed by atoms with van der Waals surface area (Å²) in [6.07, 6.45) is -6.26. The molecular formula is C17H22F3NO3. The highest BCUT2D eigenvalue weighted by Crippen LogP contribution is 2.34. The lowest BCUT2D eigenvalue weighted by molar-refractivity contribution is -0.171. The molecule has 0 saturated heterocycles. The number of hydrogen-bond acceptors (Lipinski definition) is 3. The number of amides is 1. The Morgan fingerprint density at radius 1 is 1.08 bits per heavy atom. The van der Waals surface area contributed by atoms with Crippen LogP contribution in [0.3, 0.4) is 0 Å². The number of nitrogens with zero attached hydrogens (tertiary/aromatic N) is 1. The van der Waals surface area contributed by atoms with Crippen LogP contribution in [0.15, 0.2) is 24.3 Å². The number of alkyl halides is 3. The van der Waals surface area contributed by atoms with Gasteiger partial charge in [0, 0.05) is 6.54 Å². The maximum atomic E-state index is 12.9. The molecule has 0 aliphatic carbocycles. The Morgan fingerprint density at radius 3 is 2.12 bits per heavy atom. The third-order valence-electron chi connectivity index (χ3n) is 3.43. The first-order valence-corrected chi connectivity index (χ1v) is 7.74. The highest BCUT2D eigenvalue weighted by atomic mass is 19.4. The molecule has 7 heteroatoms. The monoisotopic (exact) mass is 345 g/mol. The summed E-state index contributed by atoms with van der Waals surface area (Å²) in [6.45, 7) is 5.61. The van der Waals surface area contributed by atoms with Gasteiger partial charge in [0.05, 0.1) is 0 Å². The summed E-state index contributed by atoms with van der Waals surface area (Å²) in [5.41, 5.74) is -0.475. The van der Waals surface area contributed by atoms with Crippen LogP contribution in [0, 0.1) is 5.41 Å². The minimum Gasteiger partial charge on any atom is -0.482 e. The number of carbonyl (C=O) groups is 1. The quantitative estimate of drug-likeness (QED) is 0.839. The molecule has 2 unspecified atom stereocenters. The predicted molar refractivity (Wildman–Crippen MR) is 83.0 cm³/mol.